The van der Waals surface area contributed by atoms with Gasteiger partial charge in [-0.15, -0.1) is 0 Å². The van der Waals surface area contributed by atoms with Crippen molar-refractivity contribution in [2.24, 2.45) is 18.4 Å². The Balaban J connectivity index is 0.806. The molecular weight excluding hydrogens is 787 g/mol. The molecule has 1 atom stereocenters. The monoisotopic (exact) mass is 834 g/mol. The Labute approximate surface area is 350 Å². The van der Waals surface area contributed by atoms with E-state index in [-0.39, 0.29) is 48.2 Å². The SMILES string of the molecule is COc1cc2nn(C3CCC(CN4CCC5(CCN(c6cccc7c6n(C)c(=O)n7C6CCC(=O)NC6=O)CC5)C(F)(F)C4)CC3)cc2cc1NC(=O)c1cncc(C#N)c1. The largest absolute Gasteiger partial charge is 0.494 e. The summed E-state index contributed by atoms with van der Waals surface area (Å²) in [5, 5.41) is 20.1. The number of hydrogen-bond acceptors (Lipinski definition) is 10. The number of imide groups is 1. The predicted octanol–water partition coefficient (Wildman–Crippen LogP) is 5.55. The maximum absolute atomic E-state index is 16.3. The van der Waals surface area contributed by atoms with Gasteiger partial charge in [-0.25, -0.2) is 13.6 Å². The molecule has 1 saturated carbocycles. The standard InChI is InChI=1S/C44H48F2N10O5/c1-52-39-34(4-3-5-35(39)56(42(52)60)36-10-11-38(57)50-41(36)59)54-16-13-43(14-17-54)12-15-53(26-44(43,45)46)24-27-6-8-31(9-7-27)55-25-30-19-33(37(61-2)20-32(30)51-55)49-40(58)29-18-28(21-47)22-48-23-29/h3-5,18-20,22-23,25,27,31,36H,6-17,24,26H2,1-2H3,(H,49,58)(H,50,57,59). The van der Waals surface area contributed by atoms with Gasteiger partial charge < -0.3 is 15.0 Å². The maximum Gasteiger partial charge on any atom is 0.329 e. The van der Waals surface area contributed by atoms with Gasteiger partial charge in [-0.2, -0.15) is 10.4 Å². The van der Waals surface area contributed by atoms with Crippen molar-refractivity contribution in [1.29, 1.82) is 5.26 Å². The number of nitriles is 1. The Morgan fingerprint density at radius 1 is 1.03 bits per heavy atom. The number of methoxy groups -OCH3 is 1. The number of alkyl halides is 2. The van der Waals surface area contributed by atoms with Crippen LogP contribution in [0.3, 0.4) is 0 Å². The van der Waals surface area contributed by atoms with Crippen molar-refractivity contribution in [2.45, 2.75) is 75.8 Å². The number of aryl methyl sites for hydroxylation is 1. The first-order chi connectivity index (χ1) is 29.4. The van der Waals surface area contributed by atoms with Crippen molar-refractivity contribution >= 4 is 51.0 Å². The molecule has 2 aromatic carbocycles. The molecule has 6 heterocycles. The van der Waals surface area contributed by atoms with E-state index in [1.807, 2.05) is 40.0 Å². The van der Waals surface area contributed by atoms with Crippen molar-refractivity contribution in [1.82, 2.24) is 34.1 Å². The second-order valence-electron chi connectivity index (χ2n) is 17.2. The zero-order valence-corrected chi connectivity index (χ0v) is 34.2. The number of nitrogens with zero attached hydrogens (tertiary/aromatic N) is 8. The first-order valence-corrected chi connectivity index (χ1v) is 21.0. The minimum atomic E-state index is -2.85. The molecule has 3 amide bonds. The van der Waals surface area contributed by atoms with E-state index < -0.39 is 29.2 Å². The number of para-hydroxylation sites is 1. The Kier molecular flexibility index (Phi) is 10.4. The van der Waals surface area contributed by atoms with Crippen LogP contribution in [0, 0.1) is 22.7 Å². The van der Waals surface area contributed by atoms with Crippen LogP contribution in [0.15, 0.2) is 59.8 Å². The number of nitrogens with one attached hydrogen (secondary N) is 2. The Morgan fingerprint density at radius 3 is 2.52 bits per heavy atom. The summed E-state index contributed by atoms with van der Waals surface area (Å²) >= 11 is 0. The number of likely N-dealkylation sites (tertiary alicyclic amines) is 1. The third-order valence-electron chi connectivity index (χ3n) is 13.7. The number of imidazole rings is 1. The van der Waals surface area contributed by atoms with E-state index in [0.29, 0.717) is 73.8 Å². The summed E-state index contributed by atoms with van der Waals surface area (Å²) in [6.45, 7) is 1.87. The summed E-state index contributed by atoms with van der Waals surface area (Å²) < 4.78 is 43.2. The molecule has 1 aliphatic carbocycles. The molecule has 3 saturated heterocycles. The number of pyridine rings is 1. The highest BCUT2D eigenvalue weighted by Gasteiger charge is 2.57. The molecule has 3 aromatic heterocycles. The van der Waals surface area contributed by atoms with E-state index in [1.165, 1.54) is 34.7 Å². The van der Waals surface area contributed by atoms with Gasteiger partial charge in [-0.3, -0.25) is 43.4 Å². The number of carbonyl (C=O) groups excluding carboxylic acids is 3. The van der Waals surface area contributed by atoms with Gasteiger partial charge in [0.2, 0.25) is 11.8 Å². The number of amides is 3. The topological polar surface area (TPSA) is 172 Å². The molecule has 9 rings (SSSR count). The number of carbonyl (C=O) groups is 3. The summed E-state index contributed by atoms with van der Waals surface area (Å²) in [4.78, 5) is 59.0. The lowest BCUT2D eigenvalue weighted by Gasteiger charge is -2.52. The molecule has 0 radical (unpaired) electrons. The van der Waals surface area contributed by atoms with Crippen molar-refractivity contribution in [2.75, 3.05) is 50.1 Å². The van der Waals surface area contributed by atoms with E-state index in [0.717, 1.165) is 42.3 Å². The van der Waals surface area contributed by atoms with Crippen LogP contribution in [0.5, 0.6) is 5.75 Å². The predicted molar refractivity (Wildman–Crippen MR) is 223 cm³/mol. The van der Waals surface area contributed by atoms with Crippen molar-refractivity contribution in [3.63, 3.8) is 0 Å². The highest BCUT2D eigenvalue weighted by molar-refractivity contribution is 6.06. The molecule has 1 unspecified atom stereocenters. The number of anilines is 2. The highest BCUT2D eigenvalue weighted by atomic mass is 19.3. The molecule has 1 spiro atoms. The van der Waals surface area contributed by atoms with Gasteiger partial charge in [0, 0.05) is 68.6 Å². The van der Waals surface area contributed by atoms with Gasteiger partial charge in [-0.1, -0.05) is 6.07 Å². The number of rotatable bonds is 8. The summed E-state index contributed by atoms with van der Waals surface area (Å²) in [5.74, 6) is -3.36. The van der Waals surface area contributed by atoms with Crippen LogP contribution in [0.1, 0.15) is 85.8 Å². The minimum absolute atomic E-state index is 0.148. The van der Waals surface area contributed by atoms with Crippen LogP contribution in [0.25, 0.3) is 21.9 Å². The second-order valence-corrected chi connectivity index (χ2v) is 17.2. The minimum Gasteiger partial charge on any atom is -0.494 e. The number of fused-ring (bicyclic) bond motifs is 2. The first kappa shape index (κ1) is 40.3. The molecule has 4 aliphatic rings. The summed E-state index contributed by atoms with van der Waals surface area (Å²) in [6, 6.07) is 12.0. The molecule has 17 heteroatoms. The van der Waals surface area contributed by atoms with E-state index in [1.54, 1.807) is 19.2 Å². The molecule has 4 fully saturated rings. The zero-order chi connectivity index (χ0) is 42.6. The number of hydrogen-bond donors (Lipinski definition) is 2. The van der Waals surface area contributed by atoms with Gasteiger partial charge >= 0.3 is 5.69 Å². The van der Waals surface area contributed by atoms with E-state index in [2.05, 4.69) is 20.5 Å². The lowest BCUT2D eigenvalue weighted by Crippen LogP contribution is -2.59. The van der Waals surface area contributed by atoms with Crippen molar-refractivity contribution in [3.05, 3.63) is 76.6 Å². The van der Waals surface area contributed by atoms with E-state index in [9.17, 15) is 24.4 Å². The average molecular weight is 835 g/mol. The zero-order valence-electron chi connectivity index (χ0n) is 34.2. The highest BCUT2D eigenvalue weighted by Crippen LogP contribution is 2.52. The quantitative estimate of drug-likeness (QED) is 0.189. The fourth-order valence-electron chi connectivity index (χ4n) is 10.2. The molecule has 3 aliphatic heterocycles. The van der Waals surface area contributed by atoms with Crippen molar-refractivity contribution in [3.8, 4) is 11.8 Å². The Hall–Kier alpha value is -6.15. The summed E-state index contributed by atoms with van der Waals surface area (Å²) in [6.07, 6.45) is 9.81. The van der Waals surface area contributed by atoms with Gasteiger partial charge in [0.05, 0.1) is 58.7 Å². The molecule has 61 heavy (non-hydrogen) atoms. The third kappa shape index (κ3) is 7.30. The number of benzene rings is 2. The van der Waals surface area contributed by atoms with Crippen molar-refractivity contribution < 1.29 is 27.9 Å². The number of ether oxygens (including phenoxy) is 1. The number of halogens is 2. The van der Waals surface area contributed by atoms with Gasteiger partial charge in [-0.05, 0) is 88.1 Å². The molecule has 15 nitrogen and oxygen atoms in total. The smallest absolute Gasteiger partial charge is 0.329 e. The fourth-order valence-corrected chi connectivity index (χ4v) is 10.2. The normalized spacial score (nSPS) is 22.9. The second kappa shape index (κ2) is 15.7. The first-order valence-electron chi connectivity index (χ1n) is 21.0. The van der Waals surface area contributed by atoms with Gasteiger partial charge in [0.1, 0.15) is 17.9 Å². The molecule has 0 bridgehead atoms. The van der Waals surface area contributed by atoms with Crippen LogP contribution in [-0.4, -0.2) is 92.3 Å². The fraction of sp³-hybridized carbons (Fsp3) is 0.477. The van der Waals surface area contributed by atoms with Crippen LogP contribution in [0.2, 0.25) is 0 Å². The van der Waals surface area contributed by atoms with Crippen LogP contribution >= 0.6 is 0 Å². The Bertz CT molecular complexity index is 2650. The third-order valence-corrected chi connectivity index (χ3v) is 13.7. The number of piperidine rings is 3. The van der Waals surface area contributed by atoms with Crippen LogP contribution < -0.4 is 26.0 Å². The van der Waals surface area contributed by atoms with E-state index >= 15 is 8.78 Å². The molecular formula is C44H48F2N10O5. The molecule has 2 N–H and O–H groups in total. The van der Waals surface area contributed by atoms with Crippen LogP contribution in [-0.2, 0) is 16.6 Å². The number of aromatic nitrogens is 5. The average Bonchev–Trinajstić information content (AvgIpc) is 3.79. The lowest BCUT2D eigenvalue weighted by atomic mass is 9.68. The van der Waals surface area contributed by atoms with Crippen LogP contribution in [0.4, 0.5) is 20.2 Å². The molecule has 5 aromatic rings. The summed E-state index contributed by atoms with van der Waals surface area (Å²) in [5.41, 5.74) is 2.31. The lowest BCUT2D eigenvalue weighted by molar-refractivity contribution is -0.179. The van der Waals surface area contributed by atoms with Gasteiger partial charge in [0.25, 0.3) is 11.8 Å². The van der Waals surface area contributed by atoms with Gasteiger partial charge in [0.15, 0.2) is 0 Å². The van der Waals surface area contributed by atoms with E-state index in [4.69, 9.17) is 9.84 Å². The molecule has 318 valence electrons. The maximum atomic E-state index is 16.3. The Morgan fingerprint density at radius 2 is 1.80 bits per heavy atom. The summed E-state index contributed by atoms with van der Waals surface area (Å²) in [7, 11) is 3.19.